The molecule has 0 N–H and O–H groups in total. The van der Waals surface area contributed by atoms with Crippen molar-refractivity contribution >= 4 is 12.3 Å². The van der Waals surface area contributed by atoms with Crippen LogP contribution in [-0.4, -0.2) is 24.1 Å². The molecule has 0 saturated carbocycles. The quantitative estimate of drug-likeness (QED) is 0.379. The fourth-order valence-corrected chi connectivity index (χ4v) is 0.778. The van der Waals surface area contributed by atoms with Crippen molar-refractivity contribution in [2.75, 3.05) is 0 Å². The van der Waals surface area contributed by atoms with E-state index in [2.05, 4.69) is 0 Å². The van der Waals surface area contributed by atoms with E-state index in [-0.39, 0.29) is 6.42 Å². The van der Waals surface area contributed by atoms with Crippen molar-refractivity contribution in [2.45, 2.75) is 46.0 Å². The Labute approximate surface area is 78.2 Å². The molecule has 1 atom stereocenters. The van der Waals surface area contributed by atoms with Crippen molar-refractivity contribution in [3.8, 4) is 0 Å². The monoisotopic (exact) mass is 188 g/mol. The highest BCUT2D eigenvalue weighted by atomic mass is 16.7. The van der Waals surface area contributed by atoms with E-state index in [9.17, 15) is 9.59 Å². The van der Waals surface area contributed by atoms with Crippen molar-refractivity contribution < 1.29 is 19.1 Å². The molecule has 13 heavy (non-hydrogen) atoms. The Morgan fingerprint density at radius 1 is 1.46 bits per heavy atom. The Morgan fingerprint density at radius 2 is 2.00 bits per heavy atom. The summed E-state index contributed by atoms with van der Waals surface area (Å²) < 4.78 is 10.1. The van der Waals surface area contributed by atoms with E-state index in [1.165, 1.54) is 6.92 Å². The molecule has 0 radical (unpaired) electrons. The number of hydrogen-bond donors (Lipinski definition) is 0. The normalized spacial score (nSPS) is 13.5. The molecule has 0 aromatic heterocycles. The molecule has 0 heterocycles. The number of aldehydes is 1. The van der Waals surface area contributed by atoms with E-state index in [0.29, 0.717) is 6.29 Å². The molecule has 0 fully saturated rings. The Balaban J connectivity index is 4.09. The van der Waals surface area contributed by atoms with E-state index in [1.54, 1.807) is 0 Å². The summed E-state index contributed by atoms with van der Waals surface area (Å²) in [5, 5.41) is 0. The lowest BCUT2D eigenvalue weighted by Gasteiger charge is -2.25. The first-order chi connectivity index (χ1) is 5.85. The van der Waals surface area contributed by atoms with Crippen LogP contribution in [0.5, 0.6) is 0 Å². The van der Waals surface area contributed by atoms with Gasteiger partial charge in [-0.15, -0.1) is 0 Å². The van der Waals surface area contributed by atoms with Gasteiger partial charge in [-0.1, -0.05) is 0 Å². The topological polar surface area (TPSA) is 52.6 Å². The average Bonchev–Trinajstić information content (AvgIpc) is 1.81. The zero-order valence-electron chi connectivity index (χ0n) is 8.49. The van der Waals surface area contributed by atoms with Gasteiger partial charge in [-0.2, -0.15) is 0 Å². The number of rotatable bonds is 4. The molecule has 76 valence electrons. The van der Waals surface area contributed by atoms with Gasteiger partial charge in [0, 0.05) is 6.92 Å². The zero-order valence-corrected chi connectivity index (χ0v) is 8.49. The van der Waals surface area contributed by atoms with E-state index < -0.39 is 17.9 Å². The second-order valence-corrected chi connectivity index (χ2v) is 3.67. The van der Waals surface area contributed by atoms with Crippen LogP contribution in [-0.2, 0) is 19.1 Å². The number of ether oxygens (including phenoxy) is 2. The first-order valence-electron chi connectivity index (χ1n) is 4.14. The van der Waals surface area contributed by atoms with Crippen LogP contribution >= 0.6 is 0 Å². The second-order valence-electron chi connectivity index (χ2n) is 3.67. The fourth-order valence-electron chi connectivity index (χ4n) is 0.778. The lowest BCUT2D eigenvalue weighted by molar-refractivity contribution is -0.201. The van der Waals surface area contributed by atoms with Crippen molar-refractivity contribution in [3.05, 3.63) is 0 Å². The molecule has 1 unspecified atom stereocenters. The summed E-state index contributed by atoms with van der Waals surface area (Å²) in [6.07, 6.45) is -0.0362. The number of carbonyl (C=O) groups excluding carboxylic acids is 2. The second kappa shape index (κ2) is 4.97. The number of hydrogen-bond acceptors (Lipinski definition) is 4. The molecule has 0 aliphatic heterocycles. The van der Waals surface area contributed by atoms with Crippen LogP contribution in [0.1, 0.15) is 34.1 Å². The average molecular weight is 188 g/mol. The third kappa shape index (κ3) is 7.46. The van der Waals surface area contributed by atoms with Crippen LogP contribution in [0, 0.1) is 0 Å². The molecular formula is C9H16O4. The lowest BCUT2D eigenvalue weighted by Crippen LogP contribution is -2.30. The van der Waals surface area contributed by atoms with Crippen LogP contribution in [0.25, 0.3) is 0 Å². The summed E-state index contributed by atoms with van der Waals surface area (Å²) in [6.45, 7) is 6.76. The maximum Gasteiger partial charge on any atom is 0.304 e. The Hall–Kier alpha value is -0.900. The van der Waals surface area contributed by atoms with Crippen LogP contribution in [0.4, 0.5) is 0 Å². The molecule has 0 spiro atoms. The first-order valence-corrected chi connectivity index (χ1v) is 4.14. The van der Waals surface area contributed by atoms with Crippen LogP contribution in [0.3, 0.4) is 0 Å². The number of esters is 1. The maximum absolute atomic E-state index is 10.6. The highest BCUT2D eigenvalue weighted by Gasteiger charge is 2.20. The molecule has 0 amide bonds. The van der Waals surface area contributed by atoms with Gasteiger partial charge in [-0.3, -0.25) is 4.79 Å². The van der Waals surface area contributed by atoms with E-state index in [0.717, 1.165) is 0 Å². The van der Waals surface area contributed by atoms with Crippen molar-refractivity contribution in [1.82, 2.24) is 0 Å². The molecule has 4 nitrogen and oxygen atoms in total. The van der Waals surface area contributed by atoms with E-state index in [4.69, 9.17) is 9.47 Å². The van der Waals surface area contributed by atoms with Crippen LogP contribution in [0.15, 0.2) is 0 Å². The standard InChI is InChI=1S/C9H16O4/c1-7(11)12-8(5-6-10)13-9(2,3)4/h6,8H,5H2,1-4H3. The summed E-state index contributed by atoms with van der Waals surface area (Å²) in [6, 6.07) is 0. The zero-order chi connectivity index (χ0) is 10.5. The molecule has 0 aliphatic rings. The van der Waals surface area contributed by atoms with E-state index >= 15 is 0 Å². The van der Waals surface area contributed by atoms with Gasteiger partial charge >= 0.3 is 5.97 Å². The third-order valence-electron chi connectivity index (χ3n) is 1.07. The smallest absolute Gasteiger partial charge is 0.304 e. The van der Waals surface area contributed by atoms with Gasteiger partial charge < -0.3 is 14.3 Å². The van der Waals surface area contributed by atoms with Crippen LogP contribution in [0.2, 0.25) is 0 Å². The van der Waals surface area contributed by atoms with Gasteiger partial charge in [0.1, 0.15) is 6.29 Å². The largest absolute Gasteiger partial charge is 0.435 e. The molecule has 0 aromatic rings. The SMILES string of the molecule is CC(=O)OC(CC=O)OC(C)(C)C. The molecule has 4 heteroatoms. The highest BCUT2D eigenvalue weighted by molar-refractivity contribution is 5.66. The van der Waals surface area contributed by atoms with Crippen molar-refractivity contribution in [2.24, 2.45) is 0 Å². The first kappa shape index (κ1) is 12.1. The summed E-state index contributed by atoms with van der Waals surface area (Å²) in [5.74, 6) is -0.448. The minimum atomic E-state index is -0.769. The van der Waals surface area contributed by atoms with Gasteiger partial charge in [-0.25, -0.2) is 0 Å². The summed E-state index contributed by atoms with van der Waals surface area (Å²) >= 11 is 0. The van der Waals surface area contributed by atoms with Gasteiger partial charge in [-0.05, 0) is 20.8 Å². The molecule has 0 aromatic carbocycles. The molecule has 0 saturated heterocycles. The lowest BCUT2D eigenvalue weighted by atomic mass is 10.2. The van der Waals surface area contributed by atoms with Crippen molar-refractivity contribution in [3.63, 3.8) is 0 Å². The summed E-state index contributed by atoms with van der Waals surface area (Å²) in [4.78, 5) is 20.8. The summed E-state index contributed by atoms with van der Waals surface area (Å²) in [7, 11) is 0. The van der Waals surface area contributed by atoms with Gasteiger partial charge in [0.05, 0.1) is 12.0 Å². The predicted octanol–water partition coefficient (Wildman–Crippen LogP) is 1.28. The van der Waals surface area contributed by atoms with Gasteiger partial charge in [0.2, 0.25) is 6.29 Å². The minimum absolute atomic E-state index is 0.0663. The Morgan fingerprint density at radius 3 is 2.31 bits per heavy atom. The Kier molecular flexibility index (Phi) is 4.62. The van der Waals surface area contributed by atoms with E-state index in [1.807, 2.05) is 20.8 Å². The van der Waals surface area contributed by atoms with Gasteiger partial charge in [0.15, 0.2) is 0 Å². The predicted molar refractivity (Wildman–Crippen MR) is 47.1 cm³/mol. The molecule has 0 aliphatic carbocycles. The maximum atomic E-state index is 10.6. The number of carbonyl (C=O) groups is 2. The highest BCUT2D eigenvalue weighted by Crippen LogP contribution is 2.13. The third-order valence-corrected chi connectivity index (χ3v) is 1.07. The molecular weight excluding hydrogens is 172 g/mol. The molecule has 0 rings (SSSR count). The Bertz CT molecular complexity index is 181. The fraction of sp³-hybridized carbons (Fsp3) is 0.778. The molecule has 0 bridgehead atoms. The minimum Gasteiger partial charge on any atom is -0.435 e. The van der Waals surface area contributed by atoms with Gasteiger partial charge in [0.25, 0.3) is 0 Å². The van der Waals surface area contributed by atoms with Crippen molar-refractivity contribution in [1.29, 1.82) is 0 Å². The van der Waals surface area contributed by atoms with Crippen LogP contribution < -0.4 is 0 Å². The summed E-state index contributed by atoms with van der Waals surface area (Å²) in [5.41, 5.74) is -0.427.